The minimum Gasteiger partial charge on any atom is -0.493 e. The largest absolute Gasteiger partial charge is 0.493 e. The molecule has 0 aliphatic rings. The van der Waals surface area contributed by atoms with E-state index >= 15 is 0 Å². The van der Waals surface area contributed by atoms with Crippen molar-refractivity contribution in [1.82, 2.24) is 0 Å². The van der Waals surface area contributed by atoms with Crippen LogP contribution in [0.3, 0.4) is 0 Å². The maximum Gasteiger partial charge on any atom is 0.209 e. The normalized spacial score (nSPS) is 12.9. The van der Waals surface area contributed by atoms with E-state index in [1.807, 2.05) is 54.6 Å². The summed E-state index contributed by atoms with van der Waals surface area (Å²) in [6, 6.07) is 16.8. The van der Waals surface area contributed by atoms with Crippen LogP contribution in [-0.4, -0.2) is 20.8 Å². The van der Waals surface area contributed by atoms with Crippen molar-refractivity contribution in [3.8, 4) is 5.75 Å². The molecule has 1 unspecified atom stereocenters. The Morgan fingerprint density at radius 1 is 1.10 bits per heavy atom. The number of nitrogens with two attached hydrogens (primary N) is 1. The lowest BCUT2D eigenvalue weighted by Crippen LogP contribution is -2.25. The van der Waals surface area contributed by atoms with Gasteiger partial charge in [-0.3, -0.25) is 0 Å². The van der Waals surface area contributed by atoms with Crippen molar-refractivity contribution in [3.63, 3.8) is 0 Å². The number of ether oxygens (including phenoxy) is 1. The van der Waals surface area contributed by atoms with E-state index in [1.54, 1.807) is 0 Å². The molecule has 21 heavy (non-hydrogen) atoms. The Morgan fingerprint density at radius 3 is 2.43 bits per heavy atom. The summed E-state index contributed by atoms with van der Waals surface area (Å²) in [6.45, 7) is 0.247. The quantitative estimate of drug-likeness (QED) is 0.850. The van der Waals surface area contributed by atoms with E-state index in [9.17, 15) is 8.42 Å². The van der Waals surface area contributed by atoms with Gasteiger partial charge in [-0.2, -0.15) is 0 Å². The van der Waals surface area contributed by atoms with Crippen molar-refractivity contribution in [3.05, 3.63) is 64.6 Å². The second-order valence-corrected chi connectivity index (χ2v) is 7.28. The fourth-order valence-corrected chi connectivity index (χ4v) is 3.23. The van der Waals surface area contributed by atoms with Gasteiger partial charge >= 0.3 is 0 Å². The Bertz CT molecular complexity index is 689. The topological polar surface area (TPSA) is 69.4 Å². The third-order valence-electron chi connectivity index (χ3n) is 2.95. The fraction of sp³-hybridized carbons (Fsp3) is 0.200. The summed E-state index contributed by atoms with van der Waals surface area (Å²) in [6.07, 6.45) is 0. The van der Waals surface area contributed by atoms with E-state index < -0.39 is 10.0 Å². The van der Waals surface area contributed by atoms with Gasteiger partial charge in [-0.1, -0.05) is 52.3 Å². The lowest BCUT2D eigenvalue weighted by atomic mass is 10.0. The molecule has 0 amide bonds. The first-order chi connectivity index (χ1) is 9.94. The monoisotopic (exact) mass is 369 g/mol. The summed E-state index contributed by atoms with van der Waals surface area (Å²) in [5, 5.41) is 5.18. The number of hydrogen-bond acceptors (Lipinski definition) is 3. The zero-order valence-corrected chi connectivity index (χ0v) is 13.7. The Hall–Kier alpha value is -1.37. The number of primary sulfonamides is 1. The molecule has 2 aromatic carbocycles. The lowest BCUT2D eigenvalue weighted by Gasteiger charge is -2.17. The van der Waals surface area contributed by atoms with Crippen LogP contribution in [0, 0.1) is 0 Å². The number of hydrogen-bond donors (Lipinski definition) is 1. The molecule has 4 nitrogen and oxygen atoms in total. The zero-order valence-electron chi connectivity index (χ0n) is 11.3. The maximum absolute atomic E-state index is 11.4. The summed E-state index contributed by atoms with van der Waals surface area (Å²) >= 11 is 3.37. The number of benzene rings is 2. The second-order valence-electron chi connectivity index (χ2n) is 4.71. The molecule has 0 saturated carbocycles. The molecule has 0 fully saturated rings. The third kappa shape index (κ3) is 5.49. The van der Waals surface area contributed by atoms with E-state index in [0.717, 1.165) is 10.0 Å². The molecule has 0 bridgehead atoms. The minimum absolute atomic E-state index is 0.148. The Morgan fingerprint density at radius 2 is 1.81 bits per heavy atom. The molecular weight excluding hydrogens is 354 g/mol. The SMILES string of the molecule is NS(=O)(=O)CC(COc1cccc(Br)c1)c1ccccc1. The lowest BCUT2D eigenvalue weighted by molar-refractivity contribution is 0.296. The van der Waals surface area contributed by atoms with Crippen molar-refractivity contribution >= 4 is 26.0 Å². The molecule has 0 aliphatic heterocycles. The molecule has 0 saturated heterocycles. The van der Waals surface area contributed by atoms with Gasteiger partial charge in [0.1, 0.15) is 5.75 Å². The molecule has 2 rings (SSSR count). The summed E-state index contributed by atoms with van der Waals surface area (Å²) < 4.78 is 29.4. The summed E-state index contributed by atoms with van der Waals surface area (Å²) in [5.74, 6) is 0.227. The van der Waals surface area contributed by atoms with Crippen molar-refractivity contribution in [2.75, 3.05) is 12.4 Å². The first-order valence-electron chi connectivity index (χ1n) is 6.38. The smallest absolute Gasteiger partial charge is 0.209 e. The second kappa shape index (κ2) is 7.06. The molecule has 2 aromatic rings. The van der Waals surface area contributed by atoms with Crippen LogP contribution in [-0.2, 0) is 10.0 Å². The molecular formula is C15H16BrNO3S. The van der Waals surface area contributed by atoms with Gasteiger partial charge in [0.15, 0.2) is 0 Å². The Kier molecular flexibility index (Phi) is 5.39. The van der Waals surface area contributed by atoms with E-state index in [2.05, 4.69) is 15.9 Å². The van der Waals surface area contributed by atoms with Gasteiger partial charge in [0, 0.05) is 10.4 Å². The van der Waals surface area contributed by atoms with Gasteiger partial charge in [0.05, 0.1) is 12.4 Å². The van der Waals surface area contributed by atoms with Crippen molar-refractivity contribution in [2.24, 2.45) is 5.14 Å². The van der Waals surface area contributed by atoms with E-state index in [1.165, 1.54) is 0 Å². The van der Waals surface area contributed by atoms with Crippen molar-refractivity contribution in [2.45, 2.75) is 5.92 Å². The molecule has 6 heteroatoms. The summed E-state index contributed by atoms with van der Waals surface area (Å²) in [4.78, 5) is 0. The highest BCUT2D eigenvalue weighted by Gasteiger charge is 2.18. The van der Waals surface area contributed by atoms with Crippen LogP contribution in [0.25, 0.3) is 0 Å². The van der Waals surface area contributed by atoms with Gasteiger partial charge in [0.2, 0.25) is 10.0 Å². The van der Waals surface area contributed by atoms with Gasteiger partial charge in [0.25, 0.3) is 0 Å². The maximum atomic E-state index is 11.4. The minimum atomic E-state index is -3.57. The third-order valence-corrected chi connectivity index (χ3v) is 4.31. The van der Waals surface area contributed by atoms with Crippen LogP contribution in [0.15, 0.2) is 59.1 Å². The number of halogens is 1. The molecule has 0 heterocycles. The molecule has 0 spiro atoms. The van der Waals surface area contributed by atoms with Crippen LogP contribution in [0.1, 0.15) is 11.5 Å². The van der Waals surface area contributed by atoms with Gasteiger partial charge in [-0.05, 0) is 23.8 Å². The van der Waals surface area contributed by atoms with Crippen LogP contribution in [0.4, 0.5) is 0 Å². The predicted octanol–water partition coefficient (Wildman–Crippen LogP) is 2.90. The number of rotatable bonds is 6. The van der Waals surface area contributed by atoms with Crippen molar-refractivity contribution < 1.29 is 13.2 Å². The Balaban J connectivity index is 2.13. The Labute approximate surface area is 133 Å². The average molecular weight is 370 g/mol. The van der Waals surface area contributed by atoms with Crippen LogP contribution in [0.2, 0.25) is 0 Å². The van der Waals surface area contributed by atoms with Gasteiger partial charge in [-0.25, -0.2) is 13.6 Å². The molecule has 1 atom stereocenters. The van der Waals surface area contributed by atoms with Crippen LogP contribution in [0.5, 0.6) is 5.75 Å². The first kappa shape index (κ1) is 16.0. The number of sulfonamides is 1. The standard InChI is InChI=1S/C15H16BrNO3S/c16-14-7-4-8-15(9-14)20-10-13(11-21(17,18)19)12-5-2-1-3-6-12/h1-9,13H,10-11H2,(H2,17,18,19). The first-order valence-corrected chi connectivity index (χ1v) is 8.89. The average Bonchev–Trinajstić information content (AvgIpc) is 2.43. The highest BCUT2D eigenvalue weighted by molar-refractivity contribution is 9.10. The predicted molar refractivity (Wildman–Crippen MR) is 86.8 cm³/mol. The zero-order chi connectivity index (χ0) is 15.3. The van der Waals surface area contributed by atoms with E-state index in [-0.39, 0.29) is 18.3 Å². The molecule has 112 valence electrons. The molecule has 0 radical (unpaired) electrons. The van der Waals surface area contributed by atoms with Gasteiger partial charge < -0.3 is 4.74 Å². The highest BCUT2D eigenvalue weighted by Crippen LogP contribution is 2.22. The highest BCUT2D eigenvalue weighted by atomic mass is 79.9. The molecule has 0 aromatic heterocycles. The van der Waals surface area contributed by atoms with E-state index in [0.29, 0.717) is 5.75 Å². The summed E-state index contributed by atoms with van der Waals surface area (Å²) in [5.41, 5.74) is 0.890. The van der Waals surface area contributed by atoms with Crippen LogP contribution >= 0.6 is 15.9 Å². The van der Waals surface area contributed by atoms with Crippen LogP contribution < -0.4 is 9.88 Å². The van der Waals surface area contributed by atoms with Gasteiger partial charge in [-0.15, -0.1) is 0 Å². The van der Waals surface area contributed by atoms with E-state index in [4.69, 9.17) is 9.88 Å². The molecule has 2 N–H and O–H groups in total. The fourth-order valence-electron chi connectivity index (χ4n) is 2.00. The van der Waals surface area contributed by atoms with Crippen molar-refractivity contribution in [1.29, 1.82) is 0 Å². The summed E-state index contributed by atoms with van der Waals surface area (Å²) in [7, 11) is -3.57. The molecule has 0 aliphatic carbocycles.